The Hall–Kier alpha value is -0.160. The molecule has 3 unspecified atom stereocenters. The molecule has 13 heavy (non-hydrogen) atoms. The van der Waals surface area contributed by atoms with Crippen LogP contribution in [0, 0.1) is 5.92 Å². The highest BCUT2D eigenvalue weighted by molar-refractivity contribution is 4.74. The van der Waals surface area contributed by atoms with Crippen LogP contribution >= 0.6 is 0 Å². The van der Waals surface area contributed by atoms with Gasteiger partial charge in [0.1, 0.15) is 6.23 Å². The summed E-state index contributed by atoms with van der Waals surface area (Å²) >= 11 is 0. The molecule has 0 aliphatic carbocycles. The van der Waals surface area contributed by atoms with E-state index in [0.29, 0.717) is 12.5 Å². The molecule has 0 bridgehead atoms. The van der Waals surface area contributed by atoms with Crippen molar-refractivity contribution < 1.29 is 9.47 Å². The fourth-order valence-corrected chi connectivity index (χ4v) is 1.44. The summed E-state index contributed by atoms with van der Waals surface area (Å²) in [7, 11) is 0. The van der Waals surface area contributed by atoms with E-state index >= 15 is 0 Å². The minimum absolute atomic E-state index is 0.0576. The van der Waals surface area contributed by atoms with Crippen molar-refractivity contribution in [1.82, 2.24) is 10.6 Å². The summed E-state index contributed by atoms with van der Waals surface area (Å²) in [5.74, 6) is 0.483. The highest BCUT2D eigenvalue weighted by atomic mass is 16.5. The monoisotopic (exact) mass is 188 g/mol. The van der Waals surface area contributed by atoms with Crippen LogP contribution in [0.3, 0.4) is 0 Å². The second-order valence-electron chi connectivity index (χ2n) is 3.26. The first-order chi connectivity index (χ1) is 6.27. The summed E-state index contributed by atoms with van der Waals surface area (Å²) in [5, 5.41) is 6.49. The van der Waals surface area contributed by atoms with E-state index in [1.54, 1.807) is 0 Å². The summed E-state index contributed by atoms with van der Waals surface area (Å²) < 4.78 is 10.9. The van der Waals surface area contributed by atoms with Crippen molar-refractivity contribution in [2.24, 2.45) is 5.92 Å². The van der Waals surface area contributed by atoms with Crippen LogP contribution in [0.4, 0.5) is 0 Å². The van der Waals surface area contributed by atoms with Gasteiger partial charge in [-0.1, -0.05) is 6.92 Å². The summed E-state index contributed by atoms with van der Waals surface area (Å²) in [6, 6.07) is 0. The number of nitrogens with one attached hydrogen (secondary N) is 2. The Morgan fingerprint density at radius 3 is 2.54 bits per heavy atom. The molecule has 0 saturated carbocycles. The molecule has 0 spiro atoms. The normalized spacial score (nSPS) is 34.8. The highest BCUT2D eigenvalue weighted by Gasteiger charge is 2.26. The third kappa shape index (κ3) is 3.23. The summed E-state index contributed by atoms with van der Waals surface area (Å²) in [5.41, 5.74) is 0. The van der Waals surface area contributed by atoms with Gasteiger partial charge < -0.3 is 9.47 Å². The lowest BCUT2D eigenvalue weighted by molar-refractivity contribution is -0.0973. The number of hydrogen-bond donors (Lipinski definition) is 2. The zero-order chi connectivity index (χ0) is 9.68. The summed E-state index contributed by atoms with van der Waals surface area (Å²) in [4.78, 5) is 0. The maximum absolute atomic E-state index is 5.54. The van der Waals surface area contributed by atoms with E-state index in [1.807, 2.05) is 13.8 Å². The Kier molecular flexibility index (Phi) is 4.66. The van der Waals surface area contributed by atoms with Crippen molar-refractivity contribution in [1.29, 1.82) is 0 Å². The van der Waals surface area contributed by atoms with Crippen LogP contribution in [0.25, 0.3) is 0 Å². The van der Waals surface area contributed by atoms with Crippen molar-refractivity contribution in [3.05, 3.63) is 0 Å². The highest BCUT2D eigenvalue weighted by Crippen LogP contribution is 2.09. The first kappa shape index (κ1) is 10.9. The van der Waals surface area contributed by atoms with Gasteiger partial charge in [0.2, 0.25) is 0 Å². The first-order valence-corrected chi connectivity index (χ1v) is 5.00. The van der Waals surface area contributed by atoms with Gasteiger partial charge in [0, 0.05) is 25.7 Å². The van der Waals surface area contributed by atoms with E-state index in [2.05, 4.69) is 17.6 Å². The van der Waals surface area contributed by atoms with E-state index in [9.17, 15) is 0 Å². The lowest BCUT2D eigenvalue weighted by atomic mass is 10.1. The summed E-state index contributed by atoms with van der Waals surface area (Å²) in [6.07, 6.45) is 0.0561. The maximum Gasteiger partial charge on any atom is 0.165 e. The lowest BCUT2D eigenvalue weighted by Gasteiger charge is -2.35. The fraction of sp³-hybridized carbons (Fsp3) is 1.00. The quantitative estimate of drug-likeness (QED) is 0.674. The Morgan fingerprint density at radius 1 is 1.23 bits per heavy atom. The van der Waals surface area contributed by atoms with Crippen molar-refractivity contribution >= 4 is 0 Å². The molecular weight excluding hydrogens is 168 g/mol. The molecule has 1 aliphatic heterocycles. The van der Waals surface area contributed by atoms with Crippen LogP contribution in [0.15, 0.2) is 0 Å². The van der Waals surface area contributed by atoms with Gasteiger partial charge in [-0.05, 0) is 13.8 Å². The molecule has 0 aromatic heterocycles. The lowest BCUT2D eigenvalue weighted by Crippen LogP contribution is -2.59. The van der Waals surface area contributed by atoms with Crippen molar-refractivity contribution in [2.75, 3.05) is 19.8 Å². The predicted molar refractivity (Wildman–Crippen MR) is 51.1 cm³/mol. The second-order valence-corrected chi connectivity index (χ2v) is 3.26. The molecule has 0 aromatic rings. The van der Waals surface area contributed by atoms with Crippen molar-refractivity contribution in [3.63, 3.8) is 0 Å². The SMILES string of the molecule is CCOC1NCC(C)C(OCC)N1. The van der Waals surface area contributed by atoms with Gasteiger partial charge in [0.15, 0.2) is 6.35 Å². The van der Waals surface area contributed by atoms with Gasteiger partial charge in [-0.3, -0.25) is 10.6 Å². The molecule has 78 valence electrons. The standard InChI is InChI=1S/C9H20N2O2/c1-4-12-8-7(3)6-10-9(11-8)13-5-2/h7-11H,4-6H2,1-3H3. The van der Waals surface area contributed by atoms with Gasteiger partial charge in [0.25, 0.3) is 0 Å². The Labute approximate surface area is 80.0 Å². The van der Waals surface area contributed by atoms with Gasteiger partial charge in [-0.15, -0.1) is 0 Å². The maximum atomic E-state index is 5.54. The topological polar surface area (TPSA) is 42.5 Å². The molecule has 1 aliphatic rings. The summed E-state index contributed by atoms with van der Waals surface area (Å²) in [6.45, 7) is 8.52. The molecule has 0 radical (unpaired) electrons. The number of rotatable bonds is 4. The van der Waals surface area contributed by atoms with Gasteiger partial charge in [-0.2, -0.15) is 0 Å². The molecule has 1 fully saturated rings. The molecular formula is C9H20N2O2. The van der Waals surface area contributed by atoms with Crippen LogP contribution < -0.4 is 10.6 Å². The molecule has 3 atom stereocenters. The Balaban J connectivity index is 2.33. The van der Waals surface area contributed by atoms with E-state index in [1.165, 1.54) is 0 Å². The second kappa shape index (κ2) is 5.54. The third-order valence-electron chi connectivity index (χ3n) is 2.14. The van der Waals surface area contributed by atoms with Gasteiger partial charge >= 0.3 is 0 Å². The number of hydrogen-bond acceptors (Lipinski definition) is 4. The van der Waals surface area contributed by atoms with E-state index < -0.39 is 0 Å². The van der Waals surface area contributed by atoms with Gasteiger partial charge in [0.05, 0.1) is 0 Å². The zero-order valence-electron chi connectivity index (χ0n) is 8.67. The van der Waals surface area contributed by atoms with E-state index in [-0.39, 0.29) is 12.6 Å². The van der Waals surface area contributed by atoms with Gasteiger partial charge in [-0.25, -0.2) is 0 Å². The predicted octanol–water partition coefficient (Wildman–Crippen LogP) is 0.498. The minimum atomic E-state index is -0.0576. The van der Waals surface area contributed by atoms with Crippen molar-refractivity contribution in [3.8, 4) is 0 Å². The molecule has 4 heteroatoms. The largest absolute Gasteiger partial charge is 0.363 e. The Morgan fingerprint density at radius 2 is 1.92 bits per heavy atom. The molecule has 1 rings (SSSR count). The van der Waals surface area contributed by atoms with Crippen LogP contribution in [0.5, 0.6) is 0 Å². The van der Waals surface area contributed by atoms with Crippen LogP contribution in [0.1, 0.15) is 20.8 Å². The third-order valence-corrected chi connectivity index (χ3v) is 2.14. The average molecular weight is 188 g/mol. The molecule has 2 N–H and O–H groups in total. The van der Waals surface area contributed by atoms with Crippen LogP contribution in [-0.2, 0) is 9.47 Å². The fourth-order valence-electron chi connectivity index (χ4n) is 1.44. The molecule has 0 aromatic carbocycles. The molecule has 4 nitrogen and oxygen atoms in total. The first-order valence-electron chi connectivity index (χ1n) is 5.00. The zero-order valence-corrected chi connectivity index (χ0v) is 8.67. The van der Waals surface area contributed by atoms with E-state index in [4.69, 9.17) is 9.47 Å². The average Bonchev–Trinajstić information content (AvgIpc) is 2.12. The number of ether oxygens (including phenoxy) is 2. The molecule has 1 saturated heterocycles. The van der Waals surface area contributed by atoms with Crippen LogP contribution in [-0.4, -0.2) is 32.3 Å². The Bertz CT molecular complexity index is 144. The minimum Gasteiger partial charge on any atom is -0.363 e. The van der Waals surface area contributed by atoms with Crippen molar-refractivity contribution in [2.45, 2.75) is 33.4 Å². The molecule has 0 amide bonds. The smallest absolute Gasteiger partial charge is 0.165 e. The molecule has 1 heterocycles. The van der Waals surface area contributed by atoms with E-state index in [0.717, 1.165) is 13.2 Å². The van der Waals surface area contributed by atoms with Crippen LogP contribution in [0.2, 0.25) is 0 Å².